The standard InChI is InChI=1S/C11H21N/c1-4-6-7-8-11(12)9-10(3)5-2/h1,10-11H,5-9,12H2,2-3H3. The number of terminal acetylenes is 1. The molecule has 0 aliphatic heterocycles. The quantitative estimate of drug-likeness (QED) is 0.477. The topological polar surface area (TPSA) is 26.0 Å². The second-order valence-corrected chi connectivity index (χ2v) is 3.61. The Bertz CT molecular complexity index is 134. The van der Waals surface area contributed by atoms with Gasteiger partial charge in [-0.25, -0.2) is 0 Å². The average molecular weight is 167 g/mol. The van der Waals surface area contributed by atoms with Crippen molar-refractivity contribution in [3.8, 4) is 12.3 Å². The Morgan fingerprint density at radius 1 is 1.50 bits per heavy atom. The molecule has 0 aromatic heterocycles. The zero-order valence-electron chi connectivity index (χ0n) is 8.34. The van der Waals surface area contributed by atoms with Crippen LogP contribution in [0.5, 0.6) is 0 Å². The minimum atomic E-state index is 0.355. The van der Waals surface area contributed by atoms with Gasteiger partial charge in [0, 0.05) is 12.5 Å². The number of unbranched alkanes of at least 4 members (excludes halogenated alkanes) is 1. The summed E-state index contributed by atoms with van der Waals surface area (Å²) in [5, 5.41) is 0. The van der Waals surface area contributed by atoms with Crippen molar-refractivity contribution in [2.45, 2.75) is 52.0 Å². The van der Waals surface area contributed by atoms with Crippen LogP contribution in [-0.2, 0) is 0 Å². The van der Waals surface area contributed by atoms with E-state index in [9.17, 15) is 0 Å². The average Bonchev–Trinajstić information content (AvgIpc) is 2.05. The van der Waals surface area contributed by atoms with E-state index in [0.29, 0.717) is 6.04 Å². The monoisotopic (exact) mass is 167 g/mol. The molecule has 0 rings (SSSR count). The van der Waals surface area contributed by atoms with E-state index < -0.39 is 0 Å². The van der Waals surface area contributed by atoms with Gasteiger partial charge >= 0.3 is 0 Å². The molecule has 70 valence electrons. The lowest BCUT2D eigenvalue weighted by atomic mass is 9.97. The lowest BCUT2D eigenvalue weighted by Crippen LogP contribution is -2.22. The minimum absolute atomic E-state index is 0.355. The molecule has 0 radical (unpaired) electrons. The van der Waals surface area contributed by atoms with Gasteiger partial charge < -0.3 is 5.73 Å². The molecule has 0 bridgehead atoms. The van der Waals surface area contributed by atoms with Gasteiger partial charge in [0.05, 0.1) is 0 Å². The number of hydrogen-bond acceptors (Lipinski definition) is 1. The fourth-order valence-electron chi connectivity index (χ4n) is 1.27. The third kappa shape index (κ3) is 6.24. The summed E-state index contributed by atoms with van der Waals surface area (Å²) in [5.41, 5.74) is 5.92. The second kappa shape index (κ2) is 7.18. The van der Waals surface area contributed by atoms with Gasteiger partial charge in [0.25, 0.3) is 0 Å². The molecule has 0 fully saturated rings. The van der Waals surface area contributed by atoms with Gasteiger partial charge in [-0.1, -0.05) is 20.3 Å². The minimum Gasteiger partial charge on any atom is -0.328 e. The van der Waals surface area contributed by atoms with Crippen molar-refractivity contribution in [1.29, 1.82) is 0 Å². The molecule has 2 atom stereocenters. The second-order valence-electron chi connectivity index (χ2n) is 3.61. The van der Waals surface area contributed by atoms with E-state index in [-0.39, 0.29) is 0 Å². The molecule has 0 heterocycles. The summed E-state index contributed by atoms with van der Waals surface area (Å²) in [7, 11) is 0. The smallest absolute Gasteiger partial charge is 0.00866 e. The van der Waals surface area contributed by atoms with Gasteiger partial charge in [0.2, 0.25) is 0 Å². The van der Waals surface area contributed by atoms with E-state index >= 15 is 0 Å². The number of nitrogens with two attached hydrogens (primary N) is 1. The highest BCUT2D eigenvalue weighted by Gasteiger charge is 2.06. The first-order chi connectivity index (χ1) is 5.70. The molecule has 2 N–H and O–H groups in total. The SMILES string of the molecule is C#CCCCC(N)CC(C)CC. The van der Waals surface area contributed by atoms with Crippen molar-refractivity contribution >= 4 is 0 Å². The zero-order valence-corrected chi connectivity index (χ0v) is 8.34. The molecule has 0 amide bonds. The van der Waals surface area contributed by atoms with Crippen molar-refractivity contribution < 1.29 is 0 Å². The molecule has 0 aromatic rings. The predicted octanol–water partition coefficient (Wildman–Crippen LogP) is 2.55. The third-order valence-corrected chi connectivity index (χ3v) is 2.30. The Morgan fingerprint density at radius 2 is 2.17 bits per heavy atom. The van der Waals surface area contributed by atoms with Crippen molar-refractivity contribution in [1.82, 2.24) is 0 Å². The summed E-state index contributed by atoms with van der Waals surface area (Å²) < 4.78 is 0. The molecule has 12 heavy (non-hydrogen) atoms. The van der Waals surface area contributed by atoms with Gasteiger partial charge in [0.1, 0.15) is 0 Å². The Balaban J connectivity index is 3.33. The maximum absolute atomic E-state index is 5.92. The number of hydrogen-bond donors (Lipinski definition) is 1. The van der Waals surface area contributed by atoms with E-state index in [1.807, 2.05) is 0 Å². The number of rotatable bonds is 6. The molecule has 0 aromatic carbocycles. The molecule has 0 saturated carbocycles. The van der Waals surface area contributed by atoms with Crippen LogP contribution in [-0.4, -0.2) is 6.04 Å². The van der Waals surface area contributed by atoms with E-state index in [2.05, 4.69) is 19.8 Å². The Morgan fingerprint density at radius 3 is 2.67 bits per heavy atom. The lowest BCUT2D eigenvalue weighted by Gasteiger charge is -2.14. The Kier molecular flexibility index (Phi) is 6.90. The van der Waals surface area contributed by atoms with Gasteiger partial charge in [-0.15, -0.1) is 12.3 Å². The van der Waals surface area contributed by atoms with Gasteiger partial charge in [0.15, 0.2) is 0 Å². The van der Waals surface area contributed by atoms with Crippen LogP contribution in [0.4, 0.5) is 0 Å². The van der Waals surface area contributed by atoms with E-state index in [4.69, 9.17) is 12.2 Å². The van der Waals surface area contributed by atoms with Crippen LogP contribution >= 0.6 is 0 Å². The summed E-state index contributed by atoms with van der Waals surface area (Å²) >= 11 is 0. The Hall–Kier alpha value is -0.480. The summed E-state index contributed by atoms with van der Waals surface area (Å²) in [6, 6.07) is 0.355. The molecular weight excluding hydrogens is 146 g/mol. The van der Waals surface area contributed by atoms with Crippen LogP contribution in [0.15, 0.2) is 0 Å². The largest absolute Gasteiger partial charge is 0.328 e. The molecule has 0 aliphatic rings. The van der Waals surface area contributed by atoms with Crippen LogP contribution < -0.4 is 5.73 Å². The maximum atomic E-state index is 5.92. The first-order valence-corrected chi connectivity index (χ1v) is 4.89. The molecule has 0 aliphatic carbocycles. The van der Waals surface area contributed by atoms with Gasteiger partial charge in [-0.05, 0) is 25.2 Å². The summed E-state index contributed by atoms with van der Waals surface area (Å²) in [4.78, 5) is 0. The van der Waals surface area contributed by atoms with Crippen LogP contribution in [0.2, 0.25) is 0 Å². The summed E-state index contributed by atoms with van der Waals surface area (Å²) in [6.07, 6.45) is 10.5. The first kappa shape index (κ1) is 11.5. The van der Waals surface area contributed by atoms with Crippen LogP contribution in [0.1, 0.15) is 46.0 Å². The first-order valence-electron chi connectivity index (χ1n) is 4.89. The predicted molar refractivity (Wildman–Crippen MR) is 54.7 cm³/mol. The molecule has 0 saturated heterocycles. The van der Waals surface area contributed by atoms with E-state index in [0.717, 1.165) is 31.6 Å². The van der Waals surface area contributed by atoms with Crippen molar-refractivity contribution in [3.05, 3.63) is 0 Å². The molecular formula is C11H21N. The van der Waals surface area contributed by atoms with Crippen LogP contribution in [0.3, 0.4) is 0 Å². The third-order valence-electron chi connectivity index (χ3n) is 2.30. The highest BCUT2D eigenvalue weighted by molar-refractivity contribution is 4.83. The molecule has 2 unspecified atom stereocenters. The van der Waals surface area contributed by atoms with Gasteiger partial charge in [-0.2, -0.15) is 0 Å². The van der Waals surface area contributed by atoms with E-state index in [1.54, 1.807) is 0 Å². The fourth-order valence-corrected chi connectivity index (χ4v) is 1.27. The summed E-state index contributed by atoms with van der Waals surface area (Å²) in [5.74, 6) is 3.39. The van der Waals surface area contributed by atoms with Crippen LogP contribution in [0.25, 0.3) is 0 Å². The van der Waals surface area contributed by atoms with Crippen molar-refractivity contribution in [3.63, 3.8) is 0 Å². The normalized spacial score (nSPS) is 15.2. The van der Waals surface area contributed by atoms with E-state index in [1.165, 1.54) is 6.42 Å². The van der Waals surface area contributed by atoms with Crippen molar-refractivity contribution in [2.24, 2.45) is 11.7 Å². The molecule has 1 heteroatoms. The zero-order chi connectivity index (χ0) is 9.40. The van der Waals surface area contributed by atoms with Gasteiger partial charge in [-0.3, -0.25) is 0 Å². The molecule has 0 spiro atoms. The Labute approximate surface area is 76.7 Å². The van der Waals surface area contributed by atoms with Crippen LogP contribution in [0, 0.1) is 18.3 Å². The molecule has 1 nitrogen and oxygen atoms in total. The lowest BCUT2D eigenvalue weighted by molar-refractivity contribution is 0.430. The highest BCUT2D eigenvalue weighted by Crippen LogP contribution is 2.12. The summed E-state index contributed by atoms with van der Waals surface area (Å²) in [6.45, 7) is 4.46. The van der Waals surface area contributed by atoms with Crippen molar-refractivity contribution in [2.75, 3.05) is 0 Å². The maximum Gasteiger partial charge on any atom is 0.00866 e. The fraction of sp³-hybridized carbons (Fsp3) is 0.818. The highest BCUT2D eigenvalue weighted by atomic mass is 14.6.